The van der Waals surface area contributed by atoms with Crippen LogP contribution in [0.25, 0.3) is 0 Å². The van der Waals surface area contributed by atoms with E-state index in [1.807, 2.05) is 12.1 Å². The van der Waals surface area contributed by atoms with Gasteiger partial charge in [0.25, 0.3) is 0 Å². The van der Waals surface area contributed by atoms with E-state index in [0.29, 0.717) is 24.1 Å². The highest BCUT2D eigenvalue weighted by Gasteiger charge is 2.16. The van der Waals surface area contributed by atoms with E-state index in [9.17, 15) is 8.60 Å². The zero-order valence-corrected chi connectivity index (χ0v) is 13.0. The Morgan fingerprint density at radius 2 is 2.05 bits per heavy atom. The summed E-state index contributed by atoms with van der Waals surface area (Å²) in [7, 11) is -0.682. The number of nitrogens with one attached hydrogen (secondary N) is 1. The molecule has 5 heteroatoms. The zero-order valence-electron chi connectivity index (χ0n) is 12.2. The highest BCUT2D eigenvalue weighted by molar-refractivity contribution is 7.85. The Morgan fingerprint density at radius 1 is 1.35 bits per heavy atom. The third-order valence-electron chi connectivity index (χ3n) is 3.49. The second-order valence-electron chi connectivity index (χ2n) is 5.59. The van der Waals surface area contributed by atoms with Crippen molar-refractivity contribution in [2.45, 2.75) is 33.0 Å². The van der Waals surface area contributed by atoms with Gasteiger partial charge in [0.15, 0.2) is 0 Å². The Balaban J connectivity index is 1.99. The van der Waals surface area contributed by atoms with Crippen molar-refractivity contribution in [3.63, 3.8) is 0 Å². The monoisotopic (exact) mass is 298 g/mol. The van der Waals surface area contributed by atoms with Crippen LogP contribution in [-0.2, 0) is 23.9 Å². The third-order valence-corrected chi connectivity index (χ3v) is 4.76. The summed E-state index contributed by atoms with van der Waals surface area (Å²) in [5, 5.41) is 3.34. The van der Waals surface area contributed by atoms with E-state index in [2.05, 4.69) is 24.1 Å². The SMILES string of the molecule is CC(C)NCc1ccc(F)c(CN2CCS(=O)CC2)c1. The van der Waals surface area contributed by atoms with E-state index in [1.165, 1.54) is 0 Å². The summed E-state index contributed by atoms with van der Waals surface area (Å²) < 4.78 is 25.2. The van der Waals surface area contributed by atoms with Crippen LogP contribution in [0.3, 0.4) is 0 Å². The molecule has 1 aliphatic heterocycles. The first-order valence-electron chi connectivity index (χ1n) is 7.12. The lowest BCUT2D eigenvalue weighted by atomic mass is 10.1. The van der Waals surface area contributed by atoms with Gasteiger partial charge in [-0.3, -0.25) is 9.11 Å². The maximum absolute atomic E-state index is 13.9. The largest absolute Gasteiger partial charge is 0.310 e. The van der Waals surface area contributed by atoms with Gasteiger partial charge in [0.05, 0.1) is 0 Å². The van der Waals surface area contributed by atoms with Crippen molar-refractivity contribution in [2.75, 3.05) is 24.6 Å². The molecule has 1 N–H and O–H groups in total. The average Bonchev–Trinajstić information content (AvgIpc) is 2.42. The van der Waals surface area contributed by atoms with Crippen molar-refractivity contribution < 1.29 is 8.60 Å². The molecule has 112 valence electrons. The normalized spacial score (nSPS) is 17.8. The van der Waals surface area contributed by atoms with Crippen LogP contribution in [0.2, 0.25) is 0 Å². The molecule has 0 bridgehead atoms. The van der Waals surface area contributed by atoms with Gasteiger partial charge in [-0.05, 0) is 11.6 Å². The topological polar surface area (TPSA) is 32.3 Å². The molecular formula is C15H23FN2OS. The average molecular weight is 298 g/mol. The lowest BCUT2D eigenvalue weighted by Gasteiger charge is -2.26. The Bertz CT molecular complexity index is 469. The van der Waals surface area contributed by atoms with Gasteiger partial charge in [0, 0.05) is 60.1 Å². The molecule has 0 unspecified atom stereocenters. The van der Waals surface area contributed by atoms with Gasteiger partial charge < -0.3 is 5.32 Å². The van der Waals surface area contributed by atoms with Crippen LogP contribution in [0, 0.1) is 5.82 Å². The smallest absolute Gasteiger partial charge is 0.127 e. The summed E-state index contributed by atoms with van der Waals surface area (Å²) in [6.45, 7) is 7.14. The van der Waals surface area contributed by atoms with Gasteiger partial charge >= 0.3 is 0 Å². The van der Waals surface area contributed by atoms with Crippen molar-refractivity contribution >= 4 is 10.8 Å². The molecule has 1 aromatic carbocycles. The van der Waals surface area contributed by atoms with Crippen molar-refractivity contribution in [2.24, 2.45) is 0 Å². The number of rotatable bonds is 5. The van der Waals surface area contributed by atoms with Gasteiger partial charge in [-0.2, -0.15) is 0 Å². The van der Waals surface area contributed by atoms with Crippen LogP contribution < -0.4 is 5.32 Å². The number of benzene rings is 1. The van der Waals surface area contributed by atoms with E-state index in [4.69, 9.17) is 0 Å². The number of nitrogens with zero attached hydrogens (tertiary/aromatic N) is 1. The van der Waals surface area contributed by atoms with Gasteiger partial charge in [0.1, 0.15) is 5.82 Å². The molecule has 0 radical (unpaired) electrons. The van der Waals surface area contributed by atoms with Crippen LogP contribution in [0.4, 0.5) is 4.39 Å². The highest BCUT2D eigenvalue weighted by Crippen LogP contribution is 2.14. The standard InChI is InChI=1S/C15H23FN2OS/c1-12(2)17-10-13-3-4-15(16)14(9-13)11-18-5-7-20(19)8-6-18/h3-4,9,12,17H,5-8,10-11H2,1-2H3. The molecule has 1 aromatic rings. The predicted octanol–water partition coefficient (Wildman–Crippen LogP) is 1.89. The molecule has 0 atom stereocenters. The molecule has 0 amide bonds. The van der Waals surface area contributed by atoms with Crippen LogP contribution in [0.5, 0.6) is 0 Å². The molecule has 3 nitrogen and oxygen atoms in total. The Labute approximate surface area is 123 Å². The molecule has 0 spiro atoms. The van der Waals surface area contributed by atoms with Gasteiger partial charge in [-0.25, -0.2) is 4.39 Å². The molecule has 1 saturated heterocycles. The number of halogens is 1. The molecule has 2 rings (SSSR count). The Morgan fingerprint density at radius 3 is 2.70 bits per heavy atom. The minimum absolute atomic E-state index is 0.148. The lowest BCUT2D eigenvalue weighted by molar-refractivity contribution is 0.287. The highest BCUT2D eigenvalue weighted by atomic mass is 32.2. The fourth-order valence-electron chi connectivity index (χ4n) is 2.26. The summed E-state index contributed by atoms with van der Waals surface area (Å²) in [6, 6.07) is 5.74. The van der Waals surface area contributed by atoms with Crippen molar-refractivity contribution in [3.05, 3.63) is 35.1 Å². The molecule has 20 heavy (non-hydrogen) atoms. The van der Waals surface area contributed by atoms with E-state index >= 15 is 0 Å². The van der Waals surface area contributed by atoms with Crippen molar-refractivity contribution in [1.82, 2.24) is 10.2 Å². The first-order chi connectivity index (χ1) is 9.54. The lowest BCUT2D eigenvalue weighted by Crippen LogP contribution is -2.37. The van der Waals surface area contributed by atoms with E-state index < -0.39 is 10.8 Å². The van der Waals surface area contributed by atoms with Gasteiger partial charge in [-0.1, -0.05) is 26.0 Å². The second kappa shape index (κ2) is 7.29. The van der Waals surface area contributed by atoms with E-state index in [-0.39, 0.29) is 5.82 Å². The van der Waals surface area contributed by atoms with E-state index in [0.717, 1.165) is 30.8 Å². The van der Waals surface area contributed by atoms with Crippen LogP contribution >= 0.6 is 0 Å². The molecule has 0 aliphatic carbocycles. The number of hydrogen-bond acceptors (Lipinski definition) is 3. The maximum atomic E-state index is 13.9. The molecular weight excluding hydrogens is 275 g/mol. The molecule has 1 fully saturated rings. The van der Waals surface area contributed by atoms with Gasteiger partial charge in [0.2, 0.25) is 0 Å². The summed E-state index contributed by atoms with van der Waals surface area (Å²) in [5.74, 6) is 1.26. The van der Waals surface area contributed by atoms with Crippen LogP contribution in [-0.4, -0.2) is 39.7 Å². The minimum atomic E-state index is -0.682. The van der Waals surface area contributed by atoms with E-state index in [1.54, 1.807) is 6.07 Å². The molecule has 1 aliphatic rings. The van der Waals surface area contributed by atoms with Gasteiger partial charge in [-0.15, -0.1) is 0 Å². The minimum Gasteiger partial charge on any atom is -0.310 e. The molecule has 1 heterocycles. The van der Waals surface area contributed by atoms with Crippen molar-refractivity contribution in [1.29, 1.82) is 0 Å². The molecule has 0 saturated carbocycles. The maximum Gasteiger partial charge on any atom is 0.127 e. The van der Waals surface area contributed by atoms with Crippen LogP contribution in [0.15, 0.2) is 18.2 Å². The zero-order chi connectivity index (χ0) is 14.5. The Kier molecular flexibility index (Phi) is 5.69. The summed E-state index contributed by atoms with van der Waals surface area (Å²) >= 11 is 0. The summed E-state index contributed by atoms with van der Waals surface area (Å²) in [4.78, 5) is 2.18. The van der Waals surface area contributed by atoms with Crippen LogP contribution in [0.1, 0.15) is 25.0 Å². The first kappa shape index (κ1) is 15.6. The summed E-state index contributed by atoms with van der Waals surface area (Å²) in [6.07, 6.45) is 0. The Hall–Kier alpha value is -0.780. The molecule has 0 aromatic heterocycles. The predicted molar refractivity (Wildman–Crippen MR) is 81.5 cm³/mol. The number of hydrogen-bond donors (Lipinski definition) is 1. The third kappa shape index (κ3) is 4.65. The summed E-state index contributed by atoms with van der Waals surface area (Å²) in [5.41, 5.74) is 1.84. The first-order valence-corrected chi connectivity index (χ1v) is 8.61. The fraction of sp³-hybridized carbons (Fsp3) is 0.600. The van der Waals surface area contributed by atoms with Crippen molar-refractivity contribution in [3.8, 4) is 0 Å². The second-order valence-corrected chi connectivity index (χ2v) is 7.28. The fourth-order valence-corrected chi connectivity index (χ4v) is 3.38. The quantitative estimate of drug-likeness (QED) is 0.901.